The molecule has 4 heteroatoms. The summed E-state index contributed by atoms with van der Waals surface area (Å²) in [5, 5.41) is 0. The molecule has 2 heterocycles. The molecule has 17 heavy (non-hydrogen) atoms. The van der Waals surface area contributed by atoms with Crippen LogP contribution in [-0.2, 0) is 4.74 Å². The Labute approximate surface area is 104 Å². The summed E-state index contributed by atoms with van der Waals surface area (Å²) in [7, 11) is 1.46. The minimum Gasteiger partial charge on any atom is -0.453 e. The highest BCUT2D eigenvalue weighted by atomic mass is 16.5. The molecule has 0 bridgehead atoms. The van der Waals surface area contributed by atoms with Crippen LogP contribution in [0.25, 0.3) is 0 Å². The molecule has 0 aromatic carbocycles. The van der Waals surface area contributed by atoms with Crippen molar-refractivity contribution in [2.24, 2.45) is 0 Å². The van der Waals surface area contributed by atoms with Crippen molar-refractivity contribution < 1.29 is 9.53 Å². The summed E-state index contributed by atoms with van der Waals surface area (Å²) < 4.78 is 4.76. The largest absolute Gasteiger partial charge is 0.453 e. The smallest absolute Gasteiger partial charge is 0.409 e. The second-order valence-electron chi connectivity index (χ2n) is 5.14. The lowest BCUT2D eigenvalue weighted by Gasteiger charge is -2.37. The van der Waals surface area contributed by atoms with Crippen LogP contribution in [0.5, 0.6) is 0 Å². The first-order valence-corrected chi connectivity index (χ1v) is 6.88. The Balaban J connectivity index is 1.79. The van der Waals surface area contributed by atoms with Gasteiger partial charge in [-0.1, -0.05) is 12.8 Å². The molecule has 2 aliphatic rings. The Morgan fingerprint density at radius 2 is 1.59 bits per heavy atom. The summed E-state index contributed by atoms with van der Waals surface area (Å²) in [6, 6.07) is 0.689. The second-order valence-corrected chi connectivity index (χ2v) is 5.14. The van der Waals surface area contributed by atoms with Crippen molar-refractivity contribution in [2.45, 2.75) is 44.6 Å². The molecule has 1 amide bonds. The first-order chi connectivity index (χ1) is 8.31. The minimum atomic E-state index is -0.167. The molecule has 0 aromatic rings. The van der Waals surface area contributed by atoms with Crippen molar-refractivity contribution in [3.05, 3.63) is 0 Å². The first-order valence-electron chi connectivity index (χ1n) is 6.88. The number of likely N-dealkylation sites (tertiary alicyclic amines) is 2. The summed E-state index contributed by atoms with van der Waals surface area (Å²) in [6.07, 6.45) is 7.51. The van der Waals surface area contributed by atoms with E-state index in [4.69, 9.17) is 4.74 Å². The van der Waals surface area contributed by atoms with Gasteiger partial charge in [-0.2, -0.15) is 0 Å². The van der Waals surface area contributed by atoms with Crippen LogP contribution < -0.4 is 0 Å². The van der Waals surface area contributed by atoms with Gasteiger partial charge in [0, 0.05) is 19.1 Å². The Morgan fingerprint density at radius 1 is 1.00 bits per heavy atom. The van der Waals surface area contributed by atoms with Crippen LogP contribution in [0.2, 0.25) is 0 Å². The lowest BCUT2D eigenvalue weighted by Crippen LogP contribution is -2.47. The van der Waals surface area contributed by atoms with Gasteiger partial charge in [0.1, 0.15) is 0 Å². The van der Waals surface area contributed by atoms with Gasteiger partial charge in [-0.05, 0) is 38.8 Å². The molecule has 0 atom stereocenters. The van der Waals surface area contributed by atoms with E-state index in [-0.39, 0.29) is 6.09 Å². The number of carbonyl (C=O) groups is 1. The molecule has 0 spiro atoms. The number of nitrogens with zero attached hydrogens (tertiary/aromatic N) is 2. The van der Waals surface area contributed by atoms with Gasteiger partial charge in [-0.25, -0.2) is 4.79 Å². The van der Waals surface area contributed by atoms with Crippen LogP contribution in [-0.4, -0.2) is 55.2 Å². The maximum atomic E-state index is 11.4. The number of methoxy groups -OCH3 is 1. The SMILES string of the molecule is COC(=O)N1CCC(N2CCCCCC2)CC1. The van der Waals surface area contributed by atoms with Gasteiger partial charge < -0.3 is 14.5 Å². The fraction of sp³-hybridized carbons (Fsp3) is 0.923. The van der Waals surface area contributed by atoms with E-state index in [0.29, 0.717) is 6.04 Å². The highest BCUT2D eigenvalue weighted by molar-refractivity contribution is 5.67. The fourth-order valence-electron chi connectivity index (χ4n) is 3.00. The predicted octanol–water partition coefficient (Wildman–Crippen LogP) is 2.09. The molecule has 0 unspecified atom stereocenters. The number of ether oxygens (including phenoxy) is 1. The monoisotopic (exact) mass is 240 g/mol. The van der Waals surface area contributed by atoms with Crippen LogP contribution in [0.1, 0.15) is 38.5 Å². The molecular formula is C13H24N2O2. The van der Waals surface area contributed by atoms with E-state index in [0.717, 1.165) is 25.9 Å². The first kappa shape index (κ1) is 12.7. The average molecular weight is 240 g/mol. The highest BCUT2D eigenvalue weighted by Gasteiger charge is 2.27. The Bertz CT molecular complexity index is 242. The van der Waals surface area contributed by atoms with E-state index in [1.165, 1.54) is 45.9 Å². The lowest BCUT2D eigenvalue weighted by molar-refractivity contribution is 0.0851. The van der Waals surface area contributed by atoms with Crippen molar-refractivity contribution in [1.82, 2.24) is 9.80 Å². The minimum absolute atomic E-state index is 0.167. The Hall–Kier alpha value is -0.770. The molecule has 0 saturated carbocycles. The molecule has 98 valence electrons. The molecule has 0 aromatic heterocycles. The van der Waals surface area contributed by atoms with E-state index < -0.39 is 0 Å². The molecule has 0 aliphatic carbocycles. The van der Waals surface area contributed by atoms with Gasteiger partial charge in [-0.15, -0.1) is 0 Å². The quantitative estimate of drug-likeness (QED) is 0.703. The summed E-state index contributed by atoms with van der Waals surface area (Å²) in [5.74, 6) is 0. The number of piperidine rings is 1. The number of hydrogen-bond donors (Lipinski definition) is 0. The second kappa shape index (κ2) is 6.24. The third-order valence-corrected chi connectivity index (χ3v) is 4.05. The summed E-state index contributed by atoms with van der Waals surface area (Å²) in [6.45, 7) is 4.22. The Morgan fingerprint density at radius 3 is 2.12 bits per heavy atom. The van der Waals surface area contributed by atoms with Crippen molar-refractivity contribution in [3.8, 4) is 0 Å². The summed E-state index contributed by atoms with van der Waals surface area (Å²) >= 11 is 0. The van der Waals surface area contributed by atoms with Gasteiger partial charge in [-0.3, -0.25) is 0 Å². The van der Waals surface area contributed by atoms with E-state index in [9.17, 15) is 4.79 Å². The van der Waals surface area contributed by atoms with Crippen LogP contribution in [0.4, 0.5) is 4.79 Å². The van der Waals surface area contributed by atoms with Gasteiger partial charge >= 0.3 is 6.09 Å². The maximum absolute atomic E-state index is 11.4. The van der Waals surface area contributed by atoms with Crippen molar-refractivity contribution in [1.29, 1.82) is 0 Å². The van der Waals surface area contributed by atoms with E-state index in [1.54, 1.807) is 0 Å². The molecule has 4 nitrogen and oxygen atoms in total. The van der Waals surface area contributed by atoms with Crippen LogP contribution in [0.15, 0.2) is 0 Å². The molecule has 2 fully saturated rings. The van der Waals surface area contributed by atoms with E-state index in [1.807, 2.05) is 4.90 Å². The van der Waals surface area contributed by atoms with Gasteiger partial charge in [0.05, 0.1) is 7.11 Å². The highest BCUT2D eigenvalue weighted by Crippen LogP contribution is 2.20. The van der Waals surface area contributed by atoms with Gasteiger partial charge in [0.2, 0.25) is 0 Å². The van der Waals surface area contributed by atoms with Crippen LogP contribution in [0.3, 0.4) is 0 Å². The van der Waals surface area contributed by atoms with Gasteiger partial charge in [0.15, 0.2) is 0 Å². The summed E-state index contributed by atoms with van der Waals surface area (Å²) in [5.41, 5.74) is 0. The fourth-order valence-corrected chi connectivity index (χ4v) is 3.00. The van der Waals surface area contributed by atoms with Crippen LogP contribution in [0, 0.1) is 0 Å². The topological polar surface area (TPSA) is 32.8 Å². The lowest BCUT2D eigenvalue weighted by atomic mass is 10.0. The van der Waals surface area contributed by atoms with Gasteiger partial charge in [0.25, 0.3) is 0 Å². The average Bonchev–Trinajstić information content (AvgIpc) is 2.67. The third kappa shape index (κ3) is 3.35. The maximum Gasteiger partial charge on any atom is 0.409 e. The molecule has 2 aliphatic heterocycles. The number of rotatable bonds is 1. The molecule has 2 saturated heterocycles. The van der Waals surface area contributed by atoms with E-state index in [2.05, 4.69) is 4.90 Å². The van der Waals surface area contributed by atoms with Crippen LogP contribution >= 0.6 is 0 Å². The standard InChI is InChI=1S/C13H24N2O2/c1-17-13(16)15-10-6-12(7-11-15)14-8-4-2-3-5-9-14/h12H,2-11H2,1H3. The predicted molar refractivity (Wildman–Crippen MR) is 67.0 cm³/mol. The van der Waals surface area contributed by atoms with Crippen molar-refractivity contribution >= 4 is 6.09 Å². The van der Waals surface area contributed by atoms with Crippen molar-refractivity contribution in [2.75, 3.05) is 33.3 Å². The zero-order valence-corrected chi connectivity index (χ0v) is 10.9. The van der Waals surface area contributed by atoms with Crippen molar-refractivity contribution in [3.63, 3.8) is 0 Å². The molecule has 2 rings (SSSR count). The number of amides is 1. The zero-order chi connectivity index (χ0) is 12.1. The number of carbonyl (C=O) groups excluding carboxylic acids is 1. The van der Waals surface area contributed by atoms with E-state index >= 15 is 0 Å². The normalized spacial score (nSPS) is 24.4. The molecule has 0 radical (unpaired) electrons. The third-order valence-electron chi connectivity index (χ3n) is 4.05. The number of hydrogen-bond acceptors (Lipinski definition) is 3. The molecular weight excluding hydrogens is 216 g/mol. The Kier molecular flexibility index (Phi) is 4.66. The summed E-state index contributed by atoms with van der Waals surface area (Å²) in [4.78, 5) is 15.9. The molecule has 0 N–H and O–H groups in total. The zero-order valence-electron chi connectivity index (χ0n) is 10.9.